The fourth-order valence-electron chi connectivity index (χ4n) is 2.99. The second-order valence-electron chi connectivity index (χ2n) is 6.47. The van der Waals surface area contributed by atoms with Gasteiger partial charge in [-0.25, -0.2) is 4.39 Å². The maximum atomic E-state index is 13.9. The van der Waals surface area contributed by atoms with Crippen molar-refractivity contribution in [1.82, 2.24) is 0 Å². The van der Waals surface area contributed by atoms with Gasteiger partial charge < -0.3 is 0 Å². The Morgan fingerprint density at radius 3 is 1.90 bits per heavy atom. The summed E-state index contributed by atoms with van der Waals surface area (Å²) in [5.74, 6) is 12.2. The first-order valence-corrected chi connectivity index (χ1v) is 9.33. The molecule has 0 N–H and O–H groups in total. The van der Waals surface area contributed by atoms with Gasteiger partial charge in [-0.05, 0) is 47.5 Å². The summed E-state index contributed by atoms with van der Waals surface area (Å²) in [6, 6.07) is 32.3. The molecule has 0 saturated heterocycles. The molecule has 0 saturated carbocycles. The molecule has 136 valence electrons. The van der Waals surface area contributed by atoms with Gasteiger partial charge in [0.15, 0.2) is 0 Å². The fraction of sp³-hybridized carbons (Fsp3) is 0. The highest BCUT2D eigenvalue weighted by Crippen LogP contribution is 2.22. The van der Waals surface area contributed by atoms with Crippen molar-refractivity contribution in [2.24, 2.45) is 0 Å². The van der Waals surface area contributed by atoms with Crippen LogP contribution in [-0.2, 0) is 0 Å². The first-order chi connectivity index (χ1) is 14.3. The number of halogens is 1. The van der Waals surface area contributed by atoms with Crippen molar-refractivity contribution in [2.75, 3.05) is 0 Å². The second kappa shape index (κ2) is 8.75. The normalized spacial score (nSPS) is 9.69. The van der Waals surface area contributed by atoms with Crippen molar-refractivity contribution in [3.8, 4) is 34.8 Å². The monoisotopic (exact) mass is 372 g/mol. The zero-order valence-electron chi connectivity index (χ0n) is 15.7. The van der Waals surface area contributed by atoms with Crippen LogP contribution in [0.5, 0.6) is 0 Å². The molecule has 4 aromatic rings. The van der Waals surface area contributed by atoms with E-state index in [-0.39, 0.29) is 5.82 Å². The zero-order valence-corrected chi connectivity index (χ0v) is 15.7. The molecule has 0 heterocycles. The third kappa shape index (κ3) is 4.62. The van der Waals surface area contributed by atoms with Crippen molar-refractivity contribution >= 4 is 0 Å². The molecule has 0 bridgehead atoms. The van der Waals surface area contributed by atoms with Crippen LogP contribution in [0.2, 0.25) is 0 Å². The van der Waals surface area contributed by atoms with E-state index in [0.29, 0.717) is 11.1 Å². The van der Waals surface area contributed by atoms with Gasteiger partial charge in [-0.3, -0.25) is 0 Å². The van der Waals surface area contributed by atoms with Crippen molar-refractivity contribution in [1.29, 1.82) is 0 Å². The van der Waals surface area contributed by atoms with Crippen LogP contribution in [0.3, 0.4) is 0 Å². The van der Waals surface area contributed by atoms with Gasteiger partial charge in [0.1, 0.15) is 5.82 Å². The summed E-state index contributed by atoms with van der Waals surface area (Å²) in [7, 11) is 0. The molecule has 0 nitrogen and oxygen atoms in total. The lowest BCUT2D eigenvalue weighted by atomic mass is 9.99. The van der Waals surface area contributed by atoms with Gasteiger partial charge in [-0.1, -0.05) is 90.4 Å². The summed E-state index contributed by atoms with van der Waals surface area (Å²) in [4.78, 5) is 0. The van der Waals surface area contributed by atoms with E-state index in [0.717, 1.165) is 22.3 Å². The molecule has 4 rings (SSSR count). The second-order valence-corrected chi connectivity index (χ2v) is 6.47. The largest absolute Gasteiger partial charge is 0.207 e. The summed E-state index contributed by atoms with van der Waals surface area (Å²) < 4.78 is 13.9. The topological polar surface area (TPSA) is 0 Å². The van der Waals surface area contributed by atoms with Crippen molar-refractivity contribution in [2.45, 2.75) is 0 Å². The lowest BCUT2D eigenvalue weighted by molar-refractivity contribution is 0.627. The van der Waals surface area contributed by atoms with Gasteiger partial charge in [0.2, 0.25) is 0 Å². The lowest BCUT2D eigenvalue weighted by Crippen LogP contribution is -1.88. The van der Waals surface area contributed by atoms with Crippen LogP contribution in [0.4, 0.5) is 4.39 Å². The average molecular weight is 372 g/mol. The molecule has 0 amide bonds. The molecule has 0 aliphatic carbocycles. The van der Waals surface area contributed by atoms with Crippen molar-refractivity contribution in [3.05, 3.63) is 131 Å². The van der Waals surface area contributed by atoms with E-state index in [4.69, 9.17) is 0 Å². The van der Waals surface area contributed by atoms with E-state index in [2.05, 4.69) is 35.8 Å². The van der Waals surface area contributed by atoms with Crippen molar-refractivity contribution in [3.63, 3.8) is 0 Å². The molecule has 29 heavy (non-hydrogen) atoms. The molecule has 0 radical (unpaired) electrons. The maximum Gasteiger partial charge on any atom is 0.124 e. The number of benzene rings is 4. The molecule has 0 fully saturated rings. The maximum absolute atomic E-state index is 13.9. The summed E-state index contributed by atoms with van der Waals surface area (Å²) in [6.07, 6.45) is 0. The Kier molecular flexibility index (Phi) is 5.52. The first-order valence-electron chi connectivity index (χ1n) is 9.33. The van der Waals surface area contributed by atoms with E-state index in [1.165, 1.54) is 12.1 Å². The Morgan fingerprint density at radius 1 is 0.483 bits per heavy atom. The van der Waals surface area contributed by atoms with Crippen LogP contribution in [0.15, 0.2) is 103 Å². The molecule has 1 heteroatoms. The summed E-state index contributed by atoms with van der Waals surface area (Å²) in [6.45, 7) is 0. The molecule has 0 atom stereocenters. The fourth-order valence-corrected chi connectivity index (χ4v) is 2.99. The van der Waals surface area contributed by atoms with E-state index in [9.17, 15) is 4.39 Å². The Hall–Kier alpha value is -4.07. The molecular formula is C28H17F. The Balaban J connectivity index is 1.74. The Bertz CT molecular complexity index is 1250. The van der Waals surface area contributed by atoms with Crippen LogP contribution in [0.1, 0.15) is 22.3 Å². The molecular weight excluding hydrogens is 355 g/mol. The van der Waals surface area contributed by atoms with Gasteiger partial charge >= 0.3 is 0 Å². The summed E-state index contributed by atoms with van der Waals surface area (Å²) in [5.41, 5.74) is 5.24. The molecule has 0 spiro atoms. The number of rotatable bonds is 1. The van der Waals surface area contributed by atoms with Gasteiger partial charge in [0.25, 0.3) is 0 Å². The highest BCUT2D eigenvalue weighted by atomic mass is 19.1. The standard InChI is InChI=1S/C28H17F/c29-27-20-19-23(16-15-22-9-3-1-4-10-22)26(21-27)18-17-25-13-7-8-14-28(25)24-11-5-2-6-12-24/h1-14,19-21H. The minimum atomic E-state index is -0.323. The molecule has 0 unspecified atom stereocenters. The van der Waals surface area contributed by atoms with Gasteiger partial charge in [-0.15, -0.1) is 0 Å². The Labute approximate surface area is 170 Å². The Morgan fingerprint density at radius 2 is 1.10 bits per heavy atom. The van der Waals surface area contributed by atoms with Crippen LogP contribution in [-0.4, -0.2) is 0 Å². The van der Waals surface area contributed by atoms with E-state index >= 15 is 0 Å². The third-order valence-electron chi connectivity index (χ3n) is 4.44. The smallest absolute Gasteiger partial charge is 0.124 e. The lowest BCUT2D eigenvalue weighted by Gasteiger charge is -2.04. The van der Waals surface area contributed by atoms with Gasteiger partial charge in [0, 0.05) is 22.3 Å². The van der Waals surface area contributed by atoms with E-state index < -0.39 is 0 Å². The molecule has 4 aromatic carbocycles. The van der Waals surface area contributed by atoms with E-state index in [1.807, 2.05) is 72.8 Å². The molecule has 0 aliphatic heterocycles. The first kappa shape index (κ1) is 18.3. The zero-order chi connectivity index (χ0) is 19.9. The summed E-state index contributed by atoms with van der Waals surface area (Å²) >= 11 is 0. The van der Waals surface area contributed by atoms with Gasteiger partial charge in [-0.2, -0.15) is 0 Å². The summed E-state index contributed by atoms with van der Waals surface area (Å²) in [5, 5.41) is 0. The highest BCUT2D eigenvalue weighted by molar-refractivity contribution is 5.71. The number of hydrogen-bond donors (Lipinski definition) is 0. The minimum Gasteiger partial charge on any atom is -0.207 e. The van der Waals surface area contributed by atoms with Crippen LogP contribution in [0, 0.1) is 29.5 Å². The molecule has 0 aromatic heterocycles. The SMILES string of the molecule is Fc1ccc(C#Cc2ccccc2)c(C#Cc2ccccc2-c2ccccc2)c1. The van der Waals surface area contributed by atoms with Crippen LogP contribution >= 0.6 is 0 Å². The van der Waals surface area contributed by atoms with Gasteiger partial charge in [0.05, 0.1) is 0 Å². The highest BCUT2D eigenvalue weighted by Gasteiger charge is 2.03. The predicted molar refractivity (Wildman–Crippen MR) is 117 cm³/mol. The van der Waals surface area contributed by atoms with Crippen LogP contribution in [0.25, 0.3) is 11.1 Å². The third-order valence-corrected chi connectivity index (χ3v) is 4.44. The minimum absolute atomic E-state index is 0.323. The van der Waals surface area contributed by atoms with E-state index in [1.54, 1.807) is 6.07 Å². The van der Waals surface area contributed by atoms with Crippen molar-refractivity contribution < 1.29 is 4.39 Å². The predicted octanol–water partition coefficient (Wildman–Crippen LogP) is 6.29. The average Bonchev–Trinajstić information content (AvgIpc) is 2.78. The van der Waals surface area contributed by atoms with Crippen LogP contribution < -0.4 is 0 Å². The molecule has 0 aliphatic rings. The number of hydrogen-bond acceptors (Lipinski definition) is 0. The quantitative estimate of drug-likeness (QED) is 0.344.